The van der Waals surface area contributed by atoms with Gasteiger partial charge in [-0.1, -0.05) is 0 Å². The summed E-state index contributed by atoms with van der Waals surface area (Å²) in [7, 11) is 0. The zero-order chi connectivity index (χ0) is 13.2. The standard InChI is InChI=1S/C15H14INOS/c16-10-4-6-11(7-5-10)17-15(18)13-2-1-3-14-12(13)8-9-19-14/h4-9,13H,1-3H2,(H,17,18). The lowest BCUT2D eigenvalue weighted by Crippen LogP contribution is -2.23. The molecular weight excluding hydrogens is 369 g/mol. The van der Waals surface area contributed by atoms with Gasteiger partial charge in [-0.15, -0.1) is 11.3 Å². The molecule has 1 N–H and O–H groups in total. The van der Waals surface area contributed by atoms with E-state index in [0.717, 1.165) is 24.9 Å². The van der Waals surface area contributed by atoms with Gasteiger partial charge in [-0.05, 0) is 83.1 Å². The van der Waals surface area contributed by atoms with Gasteiger partial charge in [0.15, 0.2) is 0 Å². The van der Waals surface area contributed by atoms with Crippen LogP contribution in [-0.2, 0) is 11.2 Å². The Morgan fingerprint density at radius 1 is 1.26 bits per heavy atom. The van der Waals surface area contributed by atoms with E-state index in [-0.39, 0.29) is 11.8 Å². The normalized spacial score (nSPS) is 17.8. The summed E-state index contributed by atoms with van der Waals surface area (Å²) in [6.45, 7) is 0. The van der Waals surface area contributed by atoms with E-state index in [1.165, 1.54) is 14.0 Å². The molecule has 19 heavy (non-hydrogen) atoms. The monoisotopic (exact) mass is 383 g/mol. The van der Waals surface area contributed by atoms with Crippen molar-refractivity contribution >= 4 is 45.5 Å². The topological polar surface area (TPSA) is 29.1 Å². The molecule has 1 aromatic carbocycles. The van der Waals surface area contributed by atoms with Crippen molar-refractivity contribution in [2.45, 2.75) is 25.2 Å². The largest absolute Gasteiger partial charge is 0.326 e. The average molecular weight is 383 g/mol. The molecule has 1 atom stereocenters. The maximum Gasteiger partial charge on any atom is 0.231 e. The van der Waals surface area contributed by atoms with Gasteiger partial charge in [-0.25, -0.2) is 0 Å². The molecule has 1 aliphatic rings. The van der Waals surface area contributed by atoms with Gasteiger partial charge >= 0.3 is 0 Å². The summed E-state index contributed by atoms with van der Waals surface area (Å²) in [5.41, 5.74) is 2.12. The lowest BCUT2D eigenvalue weighted by Gasteiger charge is -2.21. The summed E-state index contributed by atoms with van der Waals surface area (Å²) in [6.07, 6.45) is 3.19. The van der Waals surface area contributed by atoms with Gasteiger partial charge in [0.25, 0.3) is 0 Å². The number of halogens is 1. The van der Waals surface area contributed by atoms with Crippen LogP contribution >= 0.6 is 33.9 Å². The third kappa shape index (κ3) is 2.84. The van der Waals surface area contributed by atoms with E-state index in [0.29, 0.717) is 0 Å². The van der Waals surface area contributed by atoms with Crippen LogP contribution in [0.3, 0.4) is 0 Å². The van der Waals surface area contributed by atoms with Gasteiger partial charge in [0.05, 0.1) is 5.92 Å². The zero-order valence-electron chi connectivity index (χ0n) is 10.4. The van der Waals surface area contributed by atoms with Crippen molar-refractivity contribution in [1.29, 1.82) is 0 Å². The molecule has 0 radical (unpaired) electrons. The van der Waals surface area contributed by atoms with Crippen molar-refractivity contribution in [3.05, 3.63) is 49.7 Å². The molecule has 98 valence electrons. The number of benzene rings is 1. The fourth-order valence-electron chi connectivity index (χ4n) is 2.52. The number of hydrogen-bond acceptors (Lipinski definition) is 2. The minimum Gasteiger partial charge on any atom is -0.326 e. The van der Waals surface area contributed by atoms with Crippen LogP contribution in [0.4, 0.5) is 5.69 Å². The van der Waals surface area contributed by atoms with Crippen molar-refractivity contribution in [3.63, 3.8) is 0 Å². The third-order valence-electron chi connectivity index (χ3n) is 3.48. The van der Waals surface area contributed by atoms with Crippen molar-refractivity contribution in [2.24, 2.45) is 0 Å². The SMILES string of the molecule is O=C(Nc1ccc(I)cc1)C1CCCc2sccc21. The number of rotatable bonds is 2. The van der Waals surface area contributed by atoms with Crippen molar-refractivity contribution < 1.29 is 4.79 Å². The highest BCUT2D eigenvalue weighted by Gasteiger charge is 2.27. The van der Waals surface area contributed by atoms with E-state index in [1.807, 2.05) is 24.3 Å². The predicted octanol–water partition coefficient (Wildman–Crippen LogP) is 4.41. The van der Waals surface area contributed by atoms with Crippen LogP contribution in [0.5, 0.6) is 0 Å². The second-order valence-electron chi connectivity index (χ2n) is 4.74. The van der Waals surface area contributed by atoms with Gasteiger partial charge < -0.3 is 5.32 Å². The molecule has 0 saturated carbocycles. The molecule has 1 heterocycles. The number of hydrogen-bond donors (Lipinski definition) is 1. The lowest BCUT2D eigenvalue weighted by atomic mass is 9.87. The van der Waals surface area contributed by atoms with E-state index in [1.54, 1.807) is 11.3 Å². The summed E-state index contributed by atoms with van der Waals surface area (Å²) in [5.74, 6) is 0.148. The first-order chi connectivity index (χ1) is 9.24. The van der Waals surface area contributed by atoms with E-state index >= 15 is 0 Å². The number of carbonyl (C=O) groups is 1. The third-order valence-corrected chi connectivity index (χ3v) is 5.20. The number of thiophene rings is 1. The van der Waals surface area contributed by atoms with Crippen molar-refractivity contribution in [3.8, 4) is 0 Å². The first-order valence-corrected chi connectivity index (χ1v) is 8.32. The molecule has 1 amide bonds. The molecule has 1 aliphatic carbocycles. The Kier molecular flexibility index (Phi) is 3.88. The van der Waals surface area contributed by atoms with E-state index in [9.17, 15) is 4.79 Å². The minimum absolute atomic E-state index is 0.0225. The van der Waals surface area contributed by atoms with Gasteiger partial charge in [-0.3, -0.25) is 4.79 Å². The first-order valence-electron chi connectivity index (χ1n) is 6.37. The quantitative estimate of drug-likeness (QED) is 0.765. The number of fused-ring (bicyclic) bond motifs is 1. The summed E-state index contributed by atoms with van der Waals surface area (Å²) in [5, 5.41) is 5.13. The Balaban J connectivity index is 1.77. The van der Waals surface area contributed by atoms with Gasteiger partial charge in [0, 0.05) is 14.1 Å². The Labute approximate surface area is 130 Å². The summed E-state index contributed by atoms with van der Waals surface area (Å²) in [4.78, 5) is 13.8. The molecule has 1 unspecified atom stereocenters. The highest BCUT2D eigenvalue weighted by Crippen LogP contribution is 2.35. The Morgan fingerprint density at radius 2 is 2.05 bits per heavy atom. The van der Waals surface area contributed by atoms with Crippen molar-refractivity contribution in [2.75, 3.05) is 5.32 Å². The highest BCUT2D eigenvalue weighted by molar-refractivity contribution is 14.1. The Bertz CT molecular complexity index is 590. The smallest absolute Gasteiger partial charge is 0.231 e. The Hall–Kier alpha value is -0.880. The summed E-state index contributed by atoms with van der Waals surface area (Å²) < 4.78 is 1.17. The lowest BCUT2D eigenvalue weighted by molar-refractivity contribution is -0.117. The number of aryl methyl sites for hydroxylation is 1. The zero-order valence-corrected chi connectivity index (χ0v) is 13.3. The average Bonchev–Trinajstić information content (AvgIpc) is 2.89. The van der Waals surface area contributed by atoms with Crippen LogP contribution in [0.2, 0.25) is 0 Å². The van der Waals surface area contributed by atoms with Crippen LogP contribution < -0.4 is 5.32 Å². The first kappa shape index (κ1) is 13.1. The molecule has 3 rings (SSSR count). The maximum absolute atomic E-state index is 12.4. The number of amides is 1. The van der Waals surface area contributed by atoms with E-state index in [2.05, 4.69) is 39.4 Å². The fourth-order valence-corrected chi connectivity index (χ4v) is 3.87. The molecule has 2 nitrogen and oxygen atoms in total. The van der Waals surface area contributed by atoms with E-state index < -0.39 is 0 Å². The molecule has 0 spiro atoms. The maximum atomic E-state index is 12.4. The fraction of sp³-hybridized carbons (Fsp3) is 0.267. The highest BCUT2D eigenvalue weighted by atomic mass is 127. The molecule has 0 bridgehead atoms. The number of carbonyl (C=O) groups excluding carboxylic acids is 1. The molecule has 4 heteroatoms. The van der Waals surface area contributed by atoms with Crippen LogP contribution in [0.15, 0.2) is 35.7 Å². The second-order valence-corrected chi connectivity index (χ2v) is 6.99. The van der Waals surface area contributed by atoms with Crippen LogP contribution in [-0.4, -0.2) is 5.91 Å². The van der Waals surface area contributed by atoms with Crippen LogP contribution in [0.1, 0.15) is 29.2 Å². The summed E-state index contributed by atoms with van der Waals surface area (Å²) in [6, 6.07) is 10.0. The predicted molar refractivity (Wildman–Crippen MR) is 87.8 cm³/mol. The van der Waals surface area contributed by atoms with Crippen molar-refractivity contribution in [1.82, 2.24) is 0 Å². The Morgan fingerprint density at radius 3 is 2.84 bits per heavy atom. The molecule has 0 fully saturated rings. The second kappa shape index (κ2) is 5.63. The number of anilines is 1. The van der Waals surface area contributed by atoms with Gasteiger partial charge in [-0.2, -0.15) is 0 Å². The van der Waals surface area contributed by atoms with Gasteiger partial charge in [0.2, 0.25) is 5.91 Å². The minimum atomic E-state index is 0.0225. The molecule has 0 aliphatic heterocycles. The molecular formula is C15H14INOS. The van der Waals surface area contributed by atoms with Crippen LogP contribution in [0.25, 0.3) is 0 Å². The van der Waals surface area contributed by atoms with E-state index in [4.69, 9.17) is 0 Å². The summed E-state index contributed by atoms with van der Waals surface area (Å²) >= 11 is 4.04. The van der Waals surface area contributed by atoms with Crippen LogP contribution in [0, 0.1) is 3.57 Å². The molecule has 0 saturated heterocycles. The number of nitrogens with one attached hydrogen (secondary N) is 1. The molecule has 2 aromatic rings. The molecule has 1 aromatic heterocycles. The van der Waals surface area contributed by atoms with Gasteiger partial charge in [0.1, 0.15) is 0 Å².